The van der Waals surface area contributed by atoms with Gasteiger partial charge in [-0.1, -0.05) is 6.92 Å². The lowest BCUT2D eigenvalue weighted by Crippen LogP contribution is -2.23. The Balaban J connectivity index is 0.00000220. The van der Waals surface area contributed by atoms with Crippen LogP contribution in [0.1, 0.15) is 25.3 Å². The van der Waals surface area contributed by atoms with E-state index in [2.05, 4.69) is 4.98 Å². The maximum Gasteiger partial charge on any atom is 0.220 e. The predicted molar refractivity (Wildman–Crippen MR) is 86.8 cm³/mol. The highest BCUT2D eigenvalue weighted by Crippen LogP contribution is 2.25. The number of carbonyl (C=O) groups is 1. The normalized spacial score (nSPS) is 11.7. The maximum atomic E-state index is 11.3. The fraction of sp³-hybridized carbons (Fsp3) is 0.375. The number of ether oxygens (including phenoxy) is 1. The van der Waals surface area contributed by atoms with Crippen LogP contribution in [0.2, 0.25) is 0 Å². The molecule has 5 heteroatoms. The number of aromatic nitrogens is 1. The van der Waals surface area contributed by atoms with Crippen LogP contribution in [0.4, 0.5) is 0 Å². The van der Waals surface area contributed by atoms with E-state index >= 15 is 0 Å². The predicted octanol–water partition coefficient (Wildman–Crippen LogP) is 3.11. The van der Waals surface area contributed by atoms with Gasteiger partial charge in [-0.3, -0.25) is 9.78 Å². The van der Waals surface area contributed by atoms with Crippen LogP contribution in [-0.4, -0.2) is 18.0 Å². The molecule has 2 aromatic rings. The van der Waals surface area contributed by atoms with E-state index in [1.165, 1.54) is 0 Å². The Bertz CT molecular complexity index is 616. The lowest BCUT2D eigenvalue weighted by atomic mass is 9.95. The first-order valence-corrected chi connectivity index (χ1v) is 6.85. The second-order valence-corrected chi connectivity index (χ2v) is 4.93. The number of rotatable bonds is 6. The van der Waals surface area contributed by atoms with Crippen LogP contribution in [0.3, 0.4) is 0 Å². The first-order chi connectivity index (χ1) is 9.65. The molecule has 0 aliphatic carbocycles. The number of pyridine rings is 1. The summed E-state index contributed by atoms with van der Waals surface area (Å²) in [6, 6.07) is 5.93. The summed E-state index contributed by atoms with van der Waals surface area (Å²) in [6.45, 7) is 1.99. The summed E-state index contributed by atoms with van der Waals surface area (Å²) in [5.74, 6) is 0.529. The van der Waals surface area contributed by atoms with Crippen molar-refractivity contribution in [3.8, 4) is 5.75 Å². The van der Waals surface area contributed by atoms with E-state index in [9.17, 15) is 4.79 Å². The highest BCUT2D eigenvalue weighted by Gasteiger charge is 2.13. The van der Waals surface area contributed by atoms with Gasteiger partial charge in [0.1, 0.15) is 5.75 Å². The number of methoxy groups -OCH3 is 1. The average Bonchev–Trinajstić information content (AvgIpc) is 2.47. The molecule has 0 fully saturated rings. The van der Waals surface area contributed by atoms with Crippen molar-refractivity contribution in [1.82, 2.24) is 4.98 Å². The zero-order valence-electron chi connectivity index (χ0n) is 12.3. The Kier molecular flexibility index (Phi) is 6.43. The number of nitrogens with zero attached hydrogens (tertiary/aromatic N) is 1. The summed E-state index contributed by atoms with van der Waals surface area (Å²) in [4.78, 5) is 15.6. The maximum absolute atomic E-state index is 11.3. The molecule has 21 heavy (non-hydrogen) atoms. The van der Waals surface area contributed by atoms with Gasteiger partial charge in [-0.15, -0.1) is 12.4 Å². The summed E-state index contributed by atoms with van der Waals surface area (Å²) >= 11 is 0. The van der Waals surface area contributed by atoms with Crippen LogP contribution in [0.5, 0.6) is 5.75 Å². The van der Waals surface area contributed by atoms with E-state index in [0.29, 0.717) is 0 Å². The van der Waals surface area contributed by atoms with Gasteiger partial charge >= 0.3 is 0 Å². The summed E-state index contributed by atoms with van der Waals surface area (Å²) < 4.78 is 5.27. The molecular formula is C16H21ClN2O2. The third-order valence-corrected chi connectivity index (χ3v) is 3.71. The van der Waals surface area contributed by atoms with Gasteiger partial charge in [-0.2, -0.15) is 0 Å². The Morgan fingerprint density at radius 3 is 2.76 bits per heavy atom. The minimum atomic E-state index is -0.224. The fourth-order valence-corrected chi connectivity index (χ4v) is 2.41. The van der Waals surface area contributed by atoms with Crippen molar-refractivity contribution in [2.45, 2.75) is 26.2 Å². The zero-order chi connectivity index (χ0) is 14.5. The van der Waals surface area contributed by atoms with Crippen LogP contribution in [0.25, 0.3) is 10.8 Å². The van der Waals surface area contributed by atoms with Crippen LogP contribution < -0.4 is 10.5 Å². The highest BCUT2D eigenvalue weighted by atomic mass is 35.5. The average molecular weight is 309 g/mol. The Morgan fingerprint density at radius 1 is 1.38 bits per heavy atom. The molecule has 0 spiro atoms. The zero-order valence-corrected chi connectivity index (χ0v) is 13.2. The van der Waals surface area contributed by atoms with Crippen molar-refractivity contribution in [3.05, 3.63) is 36.2 Å². The molecule has 0 saturated carbocycles. The highest BCUT2D eigenvalue weighted by molar-refractivity contribution is 5.86. The quantitative estimate of drug-likeness (QED) is 0.891. The standard InChI is InChI=1S/C16H20N2O2.ClH/c1-3-11(16(17)19)4-5-12-9-18-10-13-6-7-14(20-2)8-15(12)13;/h6-11H,3-5H2,1-2H3,(H2,17,19);1H. The van der Waals surface area contributed by atoms with E-state index < -0.39 is 0 Å². The molecule has 1 amide bonds. The number of nitrogens with two attached hydrogens (primary N) is 1. The molecule has 0 radical (unpaired) electrons. The number of halogens is 1. The van der Waals surface area contributed by atoms with Crippen molar-refractivity contribution < 1.29 is 9.53 Å². The van der Waals surface area contributed by atoms with Crippen molar-refractivity contribution in [3.63, 3.8) is 0 Å². The topological polar surface area (TPSA) is 65.2 Å². The molecule has 0 aliphatic heterocycles. The largest absolute Gasteiger partial charge is 0.497 e. The number of primary amides is 1. The van der Waals surface area contributed by atoms with E-state index in [4.69, 9.17) is 10.5 Å². The molecule has 4 nitrogen and oxygen atoms in total. The summed E-state index contributed by atoms with van der Waals surface area (Å²) in [6.07, 6.45) is 6.01. The first-order valence-electron chi connectivity index (χ1n) is 6.85. The number of amides is 1. The number of carbonyl (C=O) groups excluding carboxylic acids is 1. The number of fused-ring (bicyclic) bond motifs is 1. The van der Waals surface area contributed by atoms with E-state index in [1.54, 1.807) is 7.11 Å². The Morgan fingerprint density at radius 2 is 2.14 bits per heavy atom. The summed E-state index contributed by atoms with van der Waals surface area (Å²) in [5, 5.41) is 2.20. The molecule has 2 N–H and O–H groups in total. The second-order valence-electron chi connectivity index (χ2n) is 4.93. The molecule has 1 atom stereocenters. The first kappa shape index (κ1) is 17.2. The monoisotopic (exact) mass is 308 g/mol. The van der Waals surface area contributed by atoms with E-state index in [0.717, 1.165) is 41.3 Å². The molecule has 114 valence electrons. The van der Waals surface area contributed by atoms with Crippen LogP contribution in [-0.2, 0) is 11.2 Å². The Labute approximate surface area is 131 Å². The molecule has 1 unspecified atom stereocenters. The van der Waals surface area contributed by atoms with Gasteiger partial charge in [0, 0.05) is 23.7 Å². The van der Waals surface area contributed by atoms with Crippen LogP contribution in [0.15, 0.2) is 30.6 Å². The molecule has 0 saturated heterocycles. The van der Waals surface area contributed by atoms with Gasteiger partial charge in [0.15, 0.2) is 0 Å². The smallest absolute Gasteiger partial charge is 0.220 e. The van der Waals surface area contributed by atoms with Crippen molar-refractivity contribution in [1.29, 1.82) is 0 Å². The third kappa shape index (κ3) is 4.08. The van der Waals surface area contributed by atoms with Gasteiger partial charge in [-0.05, 0) is 48.4 Å². The van der Waals surface area contributed by atoms with Crippen molar-refractivity contribution in [2.75, 3.05) is 7.11 Å². The minimum absolute atomic E-state index is 0. The van der Waals surface area contributed by atoms with Gasteiger partial charge < -0.3 is 10.5 Å². The minimum Gasteiger partial charge on any atom is -0.497 e. The van der Waals surface area contributed by atoms with E-state index in [-0.39, 0.29) is 24.2 Å². The van der Waals surface area contributed by atoms with Crippen LogP contribution >= 0.6 is 12.4 Å². The fourth-order valence-electron chi connectivity index (χ4n) is 2.41. The number of aryl methyl sites for hydroxylation is 1. The Hall–Kier alpha value is -1.81. The third-order valence-electron chi connectivity index (χ3n) is 3.71. The van der Waals surface area contributed by atoms with Gasteiger partial charge in [0.2, 0.25) is 5.91 Å². The SMILES string of the molecule is CCC(CCc1cncc2ccc(OC)cc12)C(N)=O.Cl. The molecular weight excluding hydrogens is 288 g/mol. The number of hydrogen-bond acceptors (Lipinski definition) is 3. The van der Waals surface area contributed by atoms with Gasteiger partial charge in [0.05, 0.1) is 7.11 Å². The number of hydrogen-bond donors (Lipinski definition) is 1. The van der Waals surface area contributed by atoms with E-state index in [1.807, 2.05) is 37.5 Å². The van der Waals surface area contributed by atoms with Gasteiger partial charge in [-0.25, -0.2) is 0 Å². The second kappa shape index (κ2) is 7.84. The molecule has 0 bridgehead atoms. The van der Waals surface area contributed by atoms with Gasteiger partial charge in [0.25, 0.3) is 0 Å². The molecule has 2 rings (SSSR count). The molecule has 1 heterocycles. The van der Waals surface area contributed by atoms with Crippen molar-refractivity contribution >= 4 is 29.1 Å². The van der Waals surface area contributed by atoms with Crippen molar-refractivity contribution in [2.24, 2.45) is 11.7 Å². The summed E-state index contributed by atoms with van der Waals surface area (Å²) in [5.41, 5.74) is 6.52. The molecule has 1 aromatic carbocycles. The van der Waals surface area contributed by atoms with Crippen LogP contribution in [0, 0.1) is 5.92 Å². The summed E-state index contributed by atoms with van der Waals surface area (Å²) in [7, 11) is 1.65. The molecule has 1 aromatic heterocycles. The lowest BCUT2D eigenvalue weighted by Gasteiger charge is -2.12. The number of benzene rings is 1. The lowest BCUT2D eigenvalue weighted by molar-refractivity contribution is -0.122. The molecule has 0 aliphatic rings.